The number of amides is 1. The highest BCUT2D eigenvalue weighted by atomic mass is 16.2. The Labute approximate surface area is 116 Å². The van der Waals surface area contributed by atoms with E-state index in [1.54, 1.807) is 0 Å². The van der Waals surface area contributed by atoms with Crippen LogP contribution in [-0.2, 0) is 11.3 Å². The zero-order chi connectivity index (χ0) is 13.7. The predicted octanol–water partition coefficient (Wildman–Crippen LogP) is 2.38. The first kappa shape index (κ1) is 14.1. The highest BCUT2D eigenvalue weighted by molar-refractivity contribution is 5.76. The van der Waals surface area contributed by atoms with Gasteiger partial charge < -0.3 is 4.90 Å². The van der Waals surface area contributed by atoms with Crippen LogP contribution in [0, 0.1) is 5.92 Å². The van der Waals surface area contributed by atoms with E-state index in [-0.39, 0.29) is 0 Å². The Hall–Kier alpha value is -1.35. The lowest BCUT2D eigenvalue weighted by molar-refractivity contribution is -0.133. The molecule has 19 heavy (non-hydrogen) atoms. The number of rotatable bonds is 4. The van der Waals surface area contributed by atoms with E-state index in [1.165, 1.54) is 5.56 Å². The number of hydrogen-bond donors (Lipinski definition) is 0. The topological polar surface area (TPSA) is 23.6 Å². The predicted molar refractivity (Wildman–Crippen MR) is 77.8 cm³/mol. The highest BCUT2D eigenvalue weighted by Gasteiger charge is 2.21. The molecular formula is C16H24N2O. The average Bonchev–Trinajstić information content (AvgIpc) is 2.40. The van der Waals surface area contributed by atoms with Gasteiger partial charge in [0, 0.05) is 39.1 Å². The molecule has 1 aliphatic heterocycles. The third kappa shape index (κ3) is 4.35. The lowest BCUT2D eigenvalue weighted by Gasteiger charge is -2.35. The van der Waals surface area contributed by atoms with Crippen LogP contribution in [0.15, 0.2) is 30.3 Å². The molecule has 0 unspecified atom stereocenters. The third-order valence-corrected chi connectivity index (χ3v) is 3.56. The van der Waals surface area contributed by atoms with Gasteiger partial charge in [0.15, 0.2) is 0 Å². The van der Waals surface area contributed by atoms with E-state index >= 15 is 0 Å². The molecule has 1 aromatic rings. The minimum absolute atomic E-state index is 0.314. The van der Waals surface area contributed by atoms with E-state index in [4.69, 9.17) is 0 Å². The van der Waals surface area contributed by atoms with Gasteiger partial charge >= 0.3 is 0 Å². The summed E-state index contributed by atoms with van der Waals surface area (Å²) >= 11 is 0. The first-order valence-electron chi connectivity index (χ1n) is 7.19. The van der Waals surface area contributed by atoms with Crippen molar-refractivity contribution in [1.82, 2.24) is 9.80 Å². The molecule has 1 saturated heterocycles. The molecule has 0 aromatic heterocycles. The van der Waals surface area contributed by atoms with Crippen molar-refractivity contribution in [3.8, 4) is 0 Å². The molecule has 0 bridgehead atoms. The summed E-state index contributed by atoms with van der Waals surface area (Å²) < 4.78 is 0. The summed E-state index contributed by atoms with van der Waals surface area (Å²) in [5, 5.41) is 0. The van der Waals surface area contributed by atoms with Crippen molar-refractivity contribution < 1.29 is 4.79 Å². The normalized spacial score (nSPS) is 16.9. The van der Waals surface area contributed by atoms with E-state index in [0.717, 1.165) is 32.7 Å². The Morgan fingerprint density at radius 1 is 1.11 bits per heavy atom. The molecule has 1 aromatic carbocycles. The third-order valence-electron chi connectivity index (χ3n) is 3.56. The Morgan fingerprint density at radius 2 is 1.74 bits per heavy atom. The quantitative estimate of drug-likeness (QED) is 0.830. The first-order valence-corrected chi connectivity index (χ1v) is 7.19. The molecule has 0 radical (unpaired) electrons. The van der Waals surface area contributed by atoms with Crippen molar-refractivity contribution in [2.45, 2.75) is 26.8 Å². The van der Waals surface area contributed by atoms with E-state index in [1.807, 2.05) is 11.0 Å². The fraction of sp³-hybridized carbons (Fsp3) is 0.562. The summed E-state index contributed by atoms with van der Waals surface area (Å²) in [5.74, 6) is 0.768. The molecule has 3 nitrogen and oxygen atoms in total. The van der Waals surface area contributed by atoms with Crippen LogP contribution in [-0.4, -0.2) is 41.9 Å². The van der Waals surface area contributed by atoms with Crippen molar-refractivity contribution in [2.75, 3.05) is 26.2 Å². The molecule has 1 amide bonds. The van der Waals surface area contributed by atoms with Crippen molar-refractivity contribution in [3.05, 3.63) is 35.9 Å². The molecule has 0 N–H and O–H groups in total. The largest absolute Gasteiger partial charge is 0.340 e. The highest BCUT2D eigenvalue weighted by Crippen LogP contribution is 2.11. The first-order chi connectivity index (χ1) is 9.15. The molecule has 0 atom stereocenters. The number of benzene rings is 1. The van der Waals surface area contributed by atoms with Gasteiger partial charge in [0.2, 0.25) is 5.91 Å². The number of hydrogen-bond acceptors (Lipinski definition) is 2. The zero-order valence-electron chi connectivity index (χ0n) is 12.0. The van der Waals surface area contributed by atoms with Crippen molar-refractivity contribution in [1.29, 1.82) is 0 Å². The van der Waals surface area contributed by atoms with Crippen molar-refractivity contribution >= 4 is 5.91 Å². The second-order valence-corrected chi connectivity index (χ2v) is 5.74. The van der Waals surface area contributed by atoms with E-state index < -0.39 is 0 Å². The number of piperazine rings is 1. The van der Waals surface area contributed by atoms with Gasteiger partial charge in [-0.3, -0.25) is 9.69 Å². The van der Waals surface area contributed by atoms with Gasteiger partial charge in [0.25, 0.3) is 0 Å². The Balaban J connectivity index is 1.78. The zero-order valence-corrected chi connectivity index (χ0v) is 12.0. The second-order valence-electron chi connectivity index (χ2n) is 5.74. The number of carbonyl (C=O) groups excluding carboxylic acids is 1. The summed E-state index contributed by atoms with van der Waals surface area (Å²) in [6.07, 6.45) is 0.679. The number of nitrogens with zero attached hydrogens (tertiary/aromatic N) is 2. The number of carbonyl (C=O) groups is 1. The molecule has 1 aliphatic rings. The van der Waals surface area contributed by atoms with E-state index in [9.17, 15) is 4.79 Å². The van der Waals surface area contributed by atoms with Crippen molar-refractivity contribution in [3.63, 3.8) is 0 Å². The second kappa shape index (κ2) is 6.71. The fourth-order valence-corrected chi connectivity index (χ4v) is 2.48. The van der Waals surface area contributed by atoms with Gasteiger partial charge in [0.1, 0.15) is 0 Å². The van der Waals surface area contributed by atoms with Crippen molar-refractivity contribution in [2.24, 2.45) is 5.92 Å². The lowest BCUT2D eigenvalue weighted by atomic mass is 10.1. The van der Waals surface area contributed by atoms with Crippen LogP contribution in [0.25, 0.3) is 0 Å². The van der Waals surface area contributed by atoms with E-state index in [0.29, 0.717) is 18.2 Å². The van der Waals surface area contributed by atoms with E-state index in [2.05, 4.69) is 43.0 Å². The summed E-state index contributed by atoms with van der Waals surface area (Å²) in [7, 11) is 0. The SMILES string of the molecule is CC(C)CC(=O)N1CCN(Cc2ccccc2)CC1. The maximum atomic E-state index is 12.0. The molecule has 104 valence electrons. The van der Waals surface area contributed by atoms with Gasteiger partial charge in [-0.1, -0.05) is 44.2 Å². The molecular weight excluding hydrogens is 236 g/mol. The standard InChI is InChI=1S/C16H24N2O/c1-14(2)12-16(19)18-10-8-17(9-11-18)13-15-6-4-3-5-7-15/h3-7,14H,8-13H2,1-2H3. The summed E-state index contributed by atoms with van der Waals surface area (Å²) in [5.41, 5.74) is 1.35. The van der Waals surface area contributed by atoms with Gasteiger partial charge in [-0.05, 0) is 11.5 Å². The summed E-state index contributed by atoms with van der Waals surface area (Å²) in [4.78, 5) is 16.4. The minimum Gasteiger partial charge on any atom is -0.340 e. The van der Waals surface area contributed by atoms with Gasteiger partial charge in [-0.25, -0.2) is 0 Å². The smallest absolute Gasteiger partial charge is 0.222 e. The van der Waals surface area contributed by atoms with Crippen LogP contribution in [0.1, 0.15) is 25.8 Å². The molecule has 3 heteroatoms. The van der Waals surface area contributed by atoms with Gasteiger partial charge in [-0.15, -0.1) is 0 Å². The van der Waals surface area contributed by atoms with Gasteiger partial charge in [0.05, 0.1) is 0 Å². The van der Waals surface area contributed by atoms with Crippen LogP contribution in [0.4, 0.5) is 0 Å². The average molecular weight is 260 g/mol. The summed E-state index contributed by atoms with van der Waals surface area (Å²) in [6, 6.07) is 10.5. The minimum atomic E-state index is 0.314. The lowest BCUT2D eigenvalue weighted by Crippen LogP contribution is -2.48. The monoisotopic (exact) mass is 260 g/mol. The molecule has 0 saturated carbocycles. The molecule has 1 fully saturated rings. The maximum absolute atomic E-state index is 12.0. The molecule has 0 aliphatic carbocycles. The molecule has 0 spiro atoms. The Morgan fingerprint density at radius 3 is 2.32 bits per heavy atom. The van der Waals surface area contributed by atoms with Crippen LogP contribution < -0.4 is 0 Å². The Bertz CT molecular complexity index is 394. The maximum Gasteiger partial charge on any atom is 0.222 e. The fourth-order valence-electron chi connectivity index (χ4n) is 2.48. The van der Waals surface area contributed by atoms with Crippen LogP contribution >= 0.6 is 0 Å². The van der Waals surface area contributed by atoms with Crippen LogP contribution in [0.2, 0.25) is 0 Å². The van der Waals surface area contributed by atoms with Gasteiger partial charge in [-0.2, -0.15) is 0 Å². The molecule has 1 heterocycles. The Kier molecular flexibility index (Phi) is 4.97. The molecule has 2 rings (SSSR count). The summed E-state index contributed by atoms with van der Waals surface area (Å²) in [6.45, 7) is 8.91. The van der Waals surface area contributed by atoms with Crippen LogP contribution in [0.3, 0.4) is 0 Å². The van der Waals surface area contributed by atoms with Crippen LogP contribution in [0.5, 0.6) is 0 Å².